The van der Waals surface area contributed by atoms with Gasteiger partial charge in [-0.2, -0.15) is 0 Å². The third-order valence-electron chi connectivity index (χ3n) is 3.31. The quantitative estimate of drug-likeness (QED) is 0.878. The Labute approximate surface area is 123 Å². The molecule has 2 aromatic rings. The summed E-state index contributed by atoms with van der Waals surface area (Å²) < 4.78 is 1.85. The normalized spacial score (nSPS) is 12.3. The van der Waals surface area contributed by atoms with Gasteiger partial charge >= 0.3 is 5.97 Å². The summed E-state index contributed by atoms with van der Waals surface area (Å²) in [7, 11) is 0. The second-order valence-electron chi connectivity index (χ2n) is 4.96. The van der Waals surface area contributed by atoms with Gasteiger partial charge in [0.05, 0.1) is 0 Å². The summed E-state index contributed by atoms with van der Waals surface area (Å²) in [5, 5.41) is 10.1. The van der Waals surface area contributed by atoms with Crippen molar-refractivity contribution in [3.05, 3.63) is 47.1 Å². The lowest BCUT2D eigenvalue weighted by Crippen LogP contribution is -2.19. The van der Waals surface area contributed by atoms with Crippen molar-refractivity contribution in [3.63, 3.8) is 0 Å². The summed E-state index contributed by atoms with van der Waals surface area (Å²) in [6, 6.07) is 8.95. The Bertz CT molecular complexity index is 601. The molecule has 1 aromatic carbocycles. The lowest BCUT2D eigenvalue weighted by Gasteiger charge is -2.17. The van der Waals surface area contributed by atoms with Gasteiger partial charge < -0.3 is 9.67 Å². The molecular weight excluding hydrogens is 274 g/mol. The molecule has 0 aliphatic heterocycles. The molecular formula is C16H18ClNO2. The van der Waals surface area contributed by atoms with E-state index >= 15 is 0 Å². The second-order valence-corrected chi connectivity index (χ2v) is 5.40. The average Bonchev–Trinajstić information content (AvgIpc) is 2.78. The lowest BCUT2D eigenvalue weighted by atomic mass is 10.1. The molecule has 0 aliphatic rings. The Morgan fingerprint density at radius 2 is 2.00 bits per heavy atom. The number of carboxylic acids is 1. The summed E-state index contributed by atoms with van der Waals surface area (Å²) in [6.45, 7) is 3.97. The molecule has 1 atom stereocenters. The topological polar surface area (TPSA) is 42.2 Å². The van der Waals surface area contributed by atoms with E-state index in [0.717, 1.165) is 23.2 Å². The van der Waals surface area contributed by atoms with E-state index in [1.165, 1.54) is 0 Å². The minimum atomic E-state index is -0.794. The van der Waals surface area contributed by atoms with Gasteiger partial charge in [-0.05, 0) is 42.7 Å². The van der Waals surface area contributed by atoms with Crippen LogP contribution in [0.2, 0.25) is 5.02 Å². The number of rotatable bonds is 5. The summed E-state index contributed by atoms with van der Waals surface area (Å²) in [4.78, 5) is 11.5. The van der Waals surface area contributed by atoms with E-state index in [1.807, 2.05) is 54.9 Å². The molecule has 1 N–H and O–H groups in total. The summed E-state index contributed by atoms with van der Waals surface area (Å²) >= 11 is 5.91. The van der Waals surface area contributed by atoms with Crippen molar-refractivity contribution >= 4 is 17.6 Å². The molecule has 1 heterocycles. The number of aromatic nitrogens is 1. The molecule has 0 radical (unpaired) electrons. The van der Waals surface area contributed by atoms with E-state index in [0.29, 0.717) is 11.4 Å². The Hall–Kier alpha value is -1.74. The van der Waals surface area contributed by atoms with Crippen LogP contribution in [0.15, 0.2) is 36.5 Å². The van der Waals surface area contributed by atoms with Crippen molar-refractivity contribution in [2.75, 3.05) is 0 Å². The van der Waals surface area contributed by atoms with Gasteiger partial charge in [0, 0.05) is 16.9 Å². The number of hydrogen-bond donors (Lipinski definition) is 1. The van der Waals surface area contributed by atoms with Crippen LogP contribution in [0.1, 0.15) is 31.4 Å². The molecule has 2 rings (SSSR count). The highest BCUT2D eigenvalue weighted by Crippen LogP contribution is 2.28. The fourth-order valence-electron chi connectivity index (χ4n) is 2.38. The van der Waals surface area contributed by atoms with Crippen molar-refractivity contribution in [3.8, 4) is 11.3 Å². The smallest absolute Gasteiger partial charge is 0.326 e. The number of carboxylic acid groups (broad SMARTS) is 1. The van der Waals surface area contributed by atoms with Gasteiger partial charge in [-0.1, -0.05) is 37.1 Å². The minimum Gasteiger partial charge on any atom is -0.480 e. The highest BCUT2D eigenvalue weighted by atomic mass is 35.5. The first-order chi connectivity index (χ1) is 9.52. The second kappa shape index (κ2) is 6.14. The summed E-state index contributed by atoms with van der Waals surface area (Å²) in [5.74, 6) is -0.794. The van der Waals surface area contributed by atoms with E-state index in [-0.39, 0.29) is 0 Å². The van der Waals surface area contributed by atoms with Crippen molar-refractivity contribution in [1.29, 1.82) is 0 Å². The predicted octanol–water partition coefficient (Wildman–Crippen LogP) is 4.54. The van der Waals surface area contributed by atoms with Crippen LogP contribution in [0.4, 0.5) is 0 Å². The molecule has 0 fully saturated rings. The Morgan fingerprint density at radius 1 is 1.35 bits per heavy atom. The van der Waals surface area contributed by atoms with Gasteiger partial charge in [-0.3, -0.25) is 0 Å². The van der Waals surface area contributed by atoms with E-state index < -0.39 is 12.0 Å². The number of hydrogen-bond acceptors (Lipinski definition) is 1. The highest BCUT2D eigenvalue weighted by molar-refractivity contribution is 6.30. The Morgan fingerprint density at radius 3 is 2.55 bits per heavy atom. The predicted molar refractivity (Wildman–Crippen MR) is 81.2 cm³/mol. The molecule has 1 unspecified atom stereocenters. The molecule has 0 saturated carbocycles. The summed E-state index contributed by atoms with van der Waals surface area (Å²) in [6.07, 6.45) is 3.34. The maximum absolute atomic E-state index is 11.5. The van der Waals surface area contributed by atoms with E-state index in [4.69, 9.17) is 11.6 Å². The maximum Gasteiger partial charge on any atom is 0.326 e. The van der Waals surface area contributed by atoms with E-state index in [2.05, 4.69) is 0 Å². The van der Waals surface area contributed by atoms with Gasteiger partial charge in [0.2, 0.25) is 0 Å². The van der Waals surface area contributed by atoms with Gasteiger partial charge in [-0.25, -0.2) is 4.79 Å². The molecule has 0 spiro atoms. The number of halogens is 1. The molecule has 0 saturated heterocycles. The number of benzene rings is 1. The monoisotopic (exact) mass is 291 g/mol. The first-order valence-electron chi connectivity index (χ1n) is 6.70. The molecule has 3 nitrogen and oxygen atoms in total. The standard InChI is InChI=1S/C16H18ClNO2/c1-3-4-14(16(19)20)18-10-11(2)9-15(18)12-5-7-13(17)8-6-12/h5-10,14H,3-4H2,1-2H3,(H,19,20). The molecule has 0 bridgehead atoms. The van der Waals surface area contributed by atoms with Crippen LogP contribution in [-0.2, 0) is 4.79 Å². The van der Waals surface area contributed by atoms with Gasteiger partial charge in [0.25, 0.3) is 0 Å². The van der Waals surface area contributed by atoms with Crippen molar-refractivity contribution in [2.45, 2.75) is 32.7 Å². The lowest BCUT2D eigenvalue weighted by molar-refractivity contribution is -0.141. The van der Waals surface area contributed by atoms with Crippen LogP contribution in [0.25, 0.3) is 11.3 Å². The average molecular weight is 292 g/mol. The van der Waals surface area contributed by atoms with Crippen LogP contribution < -0.4 is 0 Å². The van der Waals surface area contributed by atoms with Crippen LogP contribution in [0.5, 0.6) is 0 Å². The van der Waals surface area contributed by atoms with Crippen molar-refractivity contribution < 1.29 is 9.90 Å². The molecule has 1 aromatic heterocycles. The maximum atomic E-state index is 11.5. The molecule has 0 amide bonds. The van der Waals surface area contributed by atoms with Crippen LogP contribution in [0.3, 0.4) is 0 Å². The third kappa shape index (κ3) is 3.05. The Balaban J connectivity index is 2.49. The number of nitrogens with zero attached hydrogens (tertiary/aromatic N) is 1. The van der Waals surface area contributed by atoms with E-state index in [1.54, 1.807) is 0 Å². The first-order valence-corrected chi connectivity index (χ1v) is 7.08. The van der Waals surface area contributed by atoms with Gasteiger partial charge in [0.1, 0.15) is 6.04 Å². The van der Waals surface area contributed by atoms with Crippen LogP contribution in [-0.4, -0.2) is 15.6 Å². The number of carbonyl (C=O) groups is 1. The SMILES string of the molecule is CCCC(C(=O)O)n1cc(C)cc1-c1ccc(Cl)cc1. The number of aryl methyl sites for hydroxylation is 1. The molecule has 106 valence electrons. The molecule has 0 aliphatic carbocycles. The minimum absolute atomic E-state index is 0.528. The summed E-state index contributed by atoms with van der Waals surface area (Å²) in [5.41, 5.74) is 2.95. The van der Waals surface area contributed by atoms with Crippen LogP contribution in [0, 0.1) is 6.92 Å². The largest absolute Gasteiger partial charge is 0.480 e. The van der Waals surface area contributed by atoms with E-state index in [9.17, 15) is 9.90 Å². The zero-order valence-corrected chi connectivity index (χ0v) is 12.4. The first kappa shape index (κ1) is 14.7. The molecule has 4 heteroatoms. The van der Waals surface area contributed by atoms with Crippen molar-refractivity contribution in [2.24, 2.45) is 0 Å². The van der Waals surface area contributed by atoms with Gasteiger partial charge in [0.15, 0.2) is 0 Å². The zero-order valence-electron chi connectivity index (χ0n) is 11.6. The zero-order chi connectivity index (χ0) is 14.7. The molecule has 20 heavy (non-hydrogen) atoms. The Kier molecular flexibility index (Phi) is 4.50. The van der Waals surface area contributed by atoms with Crippen molar-refractivity contribution in [1.82, 2.24) is 4.57 Å². The number of aliphatic carboxylic acids is 1. The fourth-order valence-corrected chi connectivity index (χ4v) is 2.51. The third-order valence-corrected chi connectivity index (χ3v) is 3.56. The highest BCUT2D eigenvalue weighted by Gasteiger charge is 2.21. The van der Waals surface area contributed by atoms with Crippen LogP contribution >= 0.6 is 11.6 Å². The van der Waals surface area contributed by atoms with Gasteiger partial charge in [-0.15, -0.1) is 0 Å². The fraction of sp³-hybridized carbons (Fsp3) is 0.312.